The third-order valence-electron chi connectivity index (χ3n) is 2.38. The van der Waals surface area contributed by atoms with Crippen LogP contribution in [-0.4, -0.2) is 40.8 Å². The number of halogens is 3. The van der Waals surface area contributed by atoms with E-state index >= 15 is 0 Å². The minimum Gasteiger partial charge on any atom is -0.388 e. The van der Waals surface area contributed by atoms with Crippen molar-refractivity contribution in [1.82, 2.24) is 4.90 Å². The number of carbonyl (C=O) groups excluding carboxylic acids is 1. The Labute approximate surface area is 85.9 Å². The summed E-state index contributed by atoms with van der Waals surface area (Å²) in [5.74, 6) is -0.956. The summed E-state index contributed by atoms with van der Waals surface area (Å²) in [6, 6.07) is 0. The van der Waals surface area contributed by atoms with Crippen LogP contribution in [0.1, 0.15) is 26.2 Å². The zero-order valence-corrected chi connectivity index (χ0v) is 8.47. The third kappa shape index (κ3) is 4.07. The second kappa shape index (κ2) is 4.00. The lowest BCUT2D eigenvalue weighted by molar-refractivity contribution is -0.165. The summed E-state index contributed by atoms with van der Waals surface area (Å²) in [6.07, 6.45) is -4.86. The molecular formula is C9H14F3NO2. The van der Waals surface area contributed by atoms with Gasteiger partial charge in [-0.2, -0.15) is 13.2 Å². The maximum Gasteiger partial charge on any atom is 0.397 e. The lowest BCUT2D eigenvalue weighted by Gasteiger charge is -2.37. The highest BCUT2D eigenvalue weighted by Gasteiger charge is 2.37. The van der Waals surface area contributed by atoms with Gasteiger partial charge in [-0.15, -0.1) is 0 Å². The molecule has 6 heteroatoms. The number of β-amino-alcohol motifs (C(OH)–C–C–N with tert-alkyl or cyclic N) is 1. The van der Waals surface area contributed by atoms with Crippen LogP contribution in [0.4, 0.5) is 13.2 Å². The molecule has 0 aromatic carbocycles. The zero-order valence-electron chi connectivity index (χ0n) is 8.47. The van der Waals surface area contributed by atoms with Crippen molar-refractivity contribution < 1.29 is 23.1 Å². The highest BCUT2D eigenvalue weighted by molar-refractivity contribution is 5.77. The Balaban J connectivity index is 2.53. The Morgan fingerprint density at radius 3 is 2.60 bits per heavy atom. The number of piperidine rings is 1. The molecule has 1 rings (SSSR count). The van der Waals surface area contributed by atoms with E-state index in [2.05, 4.69) is 0 Å². The van der Waals surface area contributed by atoms with E-state index in [4.69, 9.17) is 0 Å². The second-order valence-electron chi connectivity index (χ2n) is 4.21. The predicted molar refractivity (Wildman–Crippen MR) is 47.1 cm³/mol. The predicted octanol–water partition coefficient (Wildman–Crippen LogP) is 1.31. The van der Waals surface area contributed by atoms with Gasteiger partial charge >= 0.3 is 6.18 Å². The largest absolute Gasteiger partial charge is 0.397 e. The van der Waals surface area contributed by atoms with Gasteiger partial charge in [0.15, 0.2) is 0 Å². The fourth-order valence-electron chi connectivity index (χ4n) is 1.72. The van der Waals surface area contributed by atoms with Crippen LogP contribution >= 0.6 is 0 Å². The first-order valence-corrected chi connectivity index (χ1v) is 4.76. The van der Waals surface area contributed by atoms with Crippen LogP contribution in [0.5, 0.6) is 0 Å². The van der Waals surface area contributed by atoms with Crippen LogP contribution in [-0.2, 0) is 4.79 Å². The van der Waals surface area contributed by atoms with Gasteiger partial charge in [0.25, 0.3) is 0 Å². The van der Waals surface area contributed by atoms with E-state index in [9.17, 15) is 23.1 Å². The maximum absolute atomic E-state index is 11.9. The minimum absolute atomic E-state index is 0.0120. The average Bonchev–Trinajstić information content (AvgIpc) is 1.99. The van der Waals surface area contributed by atoms with Crippen molar-refractivity contribution in [2.24, 2.45) is 0 Å². The van der Waals surface area contributed by atoms with Crippen LogP contribution in [0, 0.1) is 0 Å². The van der Waals surface area contributed by atoms with Gasteiger partial charge in [-0.3, -0.25) is 4.79 Å². The van der Waals surface area contributed by atoms with E-state index < -0.39 is 24.1 Å². The van der Waals surface area contributed by atoms with Crippen molar-refractivity contribution in [3.63, 3.8) is 0 Å². The van der Waals surface area contributed by atoms with Crippen molar-refractivity contribution in [1.29, 1.82) is 0 Å². The lowest BCUT2D eigenvalue weighted by atomic mass is 9.95. The van der Waals surface area contributed by atoms with Gasteiger partial charge in [-0.05, 0) is 19.8 Å². The second-order valence-corrected chi connectivity index (χ2v) is 4.21. The van der Waals surface area contributed by atoms with Gasteiger partial charge < -0.3 is 10.0 Å². The van der Waals surface area contributed by atoms with Crippen molar-refractivity contribution in [2.45, 2.75) is 38.0 Å². The van der Waals surface area contributed by atoms with Crippen molar-refractivity contribution in [2.75, 3.05) is 13.1 Å². The first-order valence-electron chi connectivity index (χ1n) is 4.76. The molecule has 0 bridgehead atoms. The highest BCUT2D eigenvalue weighted by Crippen LogP contribution is 2.25. The summed E-state index contributed by atoms with van der Waals surface area (Å²) in [5.41, 5.74) is -1.06. The molecule has 1 N–H and O–H groups in total. The van der Waals surface area contributed by atoms with Crippen molar-refractivity contribution >= 4 is 5.91 Å². The number of amides is 1. The number of alkyl halides is 3. The smallest absolute Gasteiger partial charge is 0.388 e. The monoisotopic (exact) mass is 225 g/mol. The summed E-state index contributed by atoms with van der Waals surface area (Å²) < 4.78 is 35.8. The maximum atomic E-state index is 11.9. The third-order valence-corrected chi connectivity index (χ3v) is 2.38. The number of aliphatic hydroxyl groups is 1. The van der Waals surface area contributed by atoms with E-state index in [-0.39, 0.29) is 6.54 Å². The van der Waals surface area contributed by atoms with Gasteiger partial charge in [0.2, 0.25) is 5.91 Å². The molecular weight excluding hydrogens is 211 g/mol. The molecule has 1 aliphatic rings. The molecule has 0 aliphatic carbocycles. The molecule has 1 heterocycles. The first kappa shape index (κ1) is 12.3. The molecule has 1 aliphatic heterocycles. The molecule has 1 unspecified atom stereocenters. The molecule has 1 amide bonds. The fourth-order valence-corrected chi connectivity index (χ4v) is 1.72. The molecule has 3 nitrogen and oxygen atoms in total. The van der Waals surface area contributed by atoms with Crippen molar-refractivity contribution in [3.8, 4) is 0 Å². The van der Waals surface area contributed by atoms with Crippen LogP contribution < -0.4 is 0 Å². The summed E-state index contributed by atoms with van der Waals surface area (Å²) in [4.78, 5) is 12.3. The Bertz CT molecular complexity index is 250. The Kier molecular flexibility index (Phi) is 3.28. The molecule has 0 saturated carbocycles. The van der Waals surface area contributed by atoms with Crippen LogP contribution in [0.3, 0.4) is 0 Å². The number of likely N-dealkylation sites (tertiary alicyclic amines) is 1. The van der Waals surface area contributed by atoms with Crippen LogP contribution in [0.25, 0.3) is 0 Å². The van der Waals surface area contributed by atoms with E-state index in [1.165, 1.54) is 6.92 Å². The van der Waals surface area contributed by atoms with E-state index in [1.54, 1.807) is 0 Å². The van der Waals surface area contributed by atoms with Gasteiger partial charge in [0.1, 0.15) is 6.42 Å². The molecule has 88 valence electrons. The standard InChI is InChI=1S/C9H14F3NO2/c1-8(15)3-2-4-13(6-8)7(14)5-9(10,11)12/h15H,2-6H2,1H3. The SMILES string of the molecule is CC1(O)CCCN(C(=O)CC(F)(F)F)C1. The number of hydrogen-bond donors (Lipinski definition) is 1. The molecule has 15 heavy (non-hydrogen) atoms. The number of nitrogens with zero attached hydrogens (tertiary/aromatic N) is 1. The quantitative estimate of drug-likeness (QED) is 0.731. The summed E-state index contributed by atoms with van der Waals surface area (Å²) in [7, 11) is 0. The van der Waals surface area contributed by atoms with E-state index in [0.29, 0.717) is 19.4 Å². The summed E-state index contributed by atoms with van der Waals surface area (Å²) in [6.45, 7) is 1.81. The number of rotatable bonds is 1. The van der Waals surface area contributed by atoms with Crippen LogP contribution in [0.2, 0.25) is 0 Å². The normalized spacial score (nSPS) is 27.9. The van der Waals surface area contributed by atoms with Crippen molar-refractivity contribution in [3.05, 3.63) is 0 Å². The van der Waals surface area contributed by atoms with Gasteiger partial charge in [-0.1, -0.05) is 0 Å². The van der Waals surface area contributed by atoms with Gasteiger partial charge in [-0.25, -0.2) is 0 Å². The number of hydrogen-bond acceptors (Lipinski definition) is 2. The molecule has 0 spiro atoms. The van der Waals surface area contributed by atoms with E-state index in [1.807, 2.05) is 0 Å². The first-order chi connectivity index (χ1) is 6.70. The Morgan fingerprint density at radius 2 is 2.13 bits per heavy atom. The Morgan fingerprint density at radius 1 is 1.53 bits per heavy atom. The highest BCUT2D eigenvalue weighted by atomic mass is 19.4. The average molecular weight is 225 g/mol. The lowest BCUT2D eigenvalue weighted by Crippen LogP contribution is -2.49. The molecule has 1 fully saturated rings. The summed E-state index contributed by atoms with van der Waals surface area (Å²) >= 11 is 0. The molecule has 0 aromatic heterocycles. The number of carbonyl (C=O) groups is 1. The molecule has 1 atom stereocenters. The molecule has 0 radical (unpaired) electrons. The topological polar surface area (TPSA) is 40.5 Å². The zero-order chi connectivity index (χ0) is 11.7. The van der Waals surface area contributed by atoms with Crippen LogP contribution in [0.15, 0.2) is 0 Å². The Hall–Kier alpha value is -0.780. The van der Waals surface area contributed by atoms with E-state index in [0.717, 1.165) is 4.90 Å². The molecule has 1 saturated heterocycles. The van der Waals surface area contributed by atoms with Gasteiger partial charge in [0.05, 0.1) is 5.60 Å². The summed E-state index contributed by atoms with van der Waals surface area (Å²) in [5, 5.41) is 9.62. The minimum atomic E-state index is -4.47. The molecule has 0 aromatic rings. The fraction of sp³-hybridized carbons (Fsp3) is 0.889. The van der Waals surface area contributed by atoms with Gasteiger partial charge in [0, 0.05) is 13.1 Å².